The largest absolute Gasteiger partial charge is 0.454 e. The summed E-state index contributed by atoms with van der Waals surface area (Å²) in [5.74, 6) is 1.82. The summed E-state index contributed by atoms with van der Waals surface area (Å²) < 4.78 is 17.3. The summed E-state index contributed by atoms with van der Waals surface area (Å²) in [4.78, 5) is 17.1. The molecule has 1 aliphatic heterocycles. The molecule has 0 saturated heterocycles. The van der Waals surface area contributed by atoms with Gasteiger partial charge in [0, 0.05) is 17.3 Å². The van der Waals surface area contributed by atoms with Crippen molar-refractivity contribution in [3.05, 3.63) is 72.3 Å². The molecule has 1 aliphatic rings. The van der Waals surface area contributed by atoms with Crippen LogP contribution in [0, 0.1) is 0 Å². The van der Waals surface area contributed by atoms with Crippen LogP contribution >= 0.6 is 11.3 Å². The van der Waals surface area contributed by atoms with Gasteiger partial charge in [0.1, 0.15) is 5.75 Å². The molecule has 0 atom stereocenters. The van der Waals surface area contributed by atoms with Crippen LogP contribution in [0.1, 0.15) is 10.4 Å². The monoisotopic (exact) mass is 390 g/mol. The van der Waals surface area contributed by atoms with E-state index in [2.05, 4.69) is 10.3 Å². The highest BCUT2D eigenvalue weighted by molar-refractivity contribution is 7.20. The van der Waals surface area contributed by atoms with Gasteiger partial charge in [0.15, 0.2) is 11.5 Å². The summed E-state index contributed by atoms with van der Waals surface area (Å²) in [6.07, 6.45) is 0. The Morgan fingerprint density at radius 1 is 1.00 bits per heavy atom. The van der Waals surface area contributed by atoms with Crippen molar-refractivity contribution in [2.45, 2.75) is 0 Å². The zero-order chi connectivity index (χ0) is 18.9. The minimum absolute atomic E-state index is 0.197. The fourth-order valence-electron chi connectivity index (χ4n) is 2.86. The van der Waals surface area contributed by atoms with E-state index in [0.29, 0.717) is 27.9 Å². The Balaban J connectivity index is 1.36. The zero-order valence-corrected chi connectivity index (χ0v) is 15.4. The second-order valence-corrected chi connectivity index (χ2v) is 7.09. The number of para-hydroxylation sites is 1. The number of rotatable bonds is 4. The number of benzene rings is 3. The molecule has 28 heavy (non-hydrogen) atoms. The minimum atomic E-state index is -0.209. The van der Waals surface area contributed by atoms with Crippen LogP contribution in [0.4, 0.5) is 5.69 Å². The number of ether oxygens (including phenoxy) is 3. The van der Waals surface area contributed by atoms with Crippen LogP contribution in [0.25, 0.3) is 10.2 Å². The standard InChI is InChI=1S/C21H14N2O4S/c24-20(22-14-7-9-17-18(11-14)26-12-25-17)13-6-8-16-19(10-13)28-21(23-16)27-15-4-2-1-3-5-15/h1-11H,12H2,(H,22,24). The van der Waals surface area contributed by atoms with E-state index in [9.17, 15) is 4.79 Å². The highest BCUT2D eigenvalue weighted by Crippen LogP contribution is 2.35. The number of hydrogen-bond donors (Lipinski definition) is 1. The first-order chi connectivity index (χ1) is 13.7. The quantitative estimate of drug-likeness (QED) is 0.527. The number of nitrogens with one attached hydrogen (secondary N) is 1. The van der Waals surface area contributed by atoms with Gasteiger partial charge in [-0.3, -0.25) is 4.79 Å². The molecule has 0 saturated carbocycles. The van der Waals surface area contributed by atoms with Gasteiger partial charge in [-0.15, -0.1) is 0 Å². The van der Waals surface area contributed by atoms with Crippen LogP contribution in [0.15, 0.2) is 66.7 Å². The van der Waals surface area contributed by atoms with Gasteiger partial charge in [0.2, 0.25) is 6.79 Å². The second-order valence-electron chi connectivity index (χ2n) is 6.10. The Bertz CT molecular complexity index is 1170. The summed E-state index contributed by atoms with van der Waals surface area (Å²) in [6, 6.07) is 20.2. The first-order valence-electron chi connectivity index (χ1n) is 8.59. The van der Waals surface area contributed by atoms with E-state index in [1.807, 2.05) is 42.5 Å². The number of fused-ring (bicyclic) bond motifs is 2. The first-order valence-corrected chi connectivity index (χ1v) is 9.41. The first kappa shape index (κ1) is 16.6. The fourth-order valence-corrected chi connectivity index (χ4v) is 3.73. The third kappa shape index (κ3) is 3.23. The summed E-state index contributed by atoms with van der Waals surface area (Å²) in [7, 11) is 0. The van der Waals surface area contributed by atoms with Gasteiger partial charge in [-0.05, 0) is 42.5 Å². The molecule has 0 unspecified atom stereocenters. The Labute approximate surface area is 164 Å². The van der Waals surface area contributed by atoms with E-state index in [0.717, 1.165) is 16.0 Å². The SMILES string of the molecule is O=C(Nc1ccc2c(c1)OCO2)c1ccc2nc(Oc3ccccc3)sc2c1. The van der Waals surface area contributed by atoms with Gasteiger partial charge in [0.25, 0.3) is 11.1 Å². The van der Waals surface area contributed by atoms with Crippen molar-refractivity contribution in [3.8, 4) is 22.4 Å². The maximum atomic E-state index is 12.6. The molecule has 0 radical (unpaired) electrons. The van der Waals surface area contributed by atoms with Gasteiger partial charge in [-0.25, -0.2) is 4.98 Å². The van der Waals surface area contributed by atoms with E-state index in [-0.39, 0.29) is 12.7 Å². The lowest BCUT2D eigenvalue weighted by atomic mass is 10.2. The van der Waals surface area contributed by atoms with Crippen molar-refractivity contribution in [3.63, 3.8) is 0 Å². The summed E-state index contributed by atoms with van der Waals surface area (Å²) >= 11 is 1.40. The average Bonchev–Trinajstić information content (AvgIpc) is 3.33. The van der Waals surface area contributed by atoms with E-state index in [1.54, 1.807) is 24.3 Å². The molecule has 0 bridgehead atoms. The Kier molecular flexibility index (Phi) is 4.06. The smallest absolute Gasteiger partial charge is 0.279 e. The van der Waals surface area contributed by atoms with Crippen LogP contribution in [-0.4, -0.2) is 17.7 Å². The summed E-state index contributed by atoms with van der Waals surface area (Å²) in [6.45, 7) is 0.197. The Hall–Kier alpha value is -3.58. The fraction of sp³-hybridized carbons (Fsp3) is 0.0476. The molecule has 6 nitrogen and oxygen atoms in total. The van der Waals surface area contributed by atoms with Crippen LogP contribution in [-0.2, 0) is 0 Å². The molecule has 1 amide bonds. The normalized spacial score (nSPS) is 12.1. The number of nitrogens with zero attached hydrogens (tertiary/aromatic N) is 1. The lowest BCUT2D eigenvalue weighted by molar-refractivity contribution is 0.102. The van der Waals surface area contributed by atoms with Crippen molar-refractivity contribution in [1.82, 2.24) is 4.98 Å². The Morgan fingerprint density at radius 3 is 2.75 bits per heavy atom. The highest BCUT2D eigenvalue weighted by atomic mass is 32.1. The minimum Gasteiger partial charge on any atom is -0.454 e. The number of thiazole rings is 1. The molecule has 1 aromatic heterocycles. The summed E-state index contributed by atoms with van der Waals surface area (Å²) in [5, 5.41) is 3.41. The van der Waals surface area contributed by atoms with Crippen molar-refractivity contribution in [2.75, 3.05) is 12.1 Å². The van der Waals surface area contributed by atoms with Crippen LogP contribution in [0.2, 0.25) is 0 Å². The van der Waals surface area contributed by atoms with Gasteiger partial charge in [-0.1, -0.05) is 29.5 Å². The number of aromatic nitrogens is 1. The molecule has 7 heteroatoms. The second kappa shape index (κ2) is 6.86. The lowest BCUT2D eigenvalue weighted by Crippen LogP contribution is -2.11. The van der Waals surface area contributed by atoms with Crippen molar-refractivity contribution in [2.24, 2.45) is 0 Å². The third-order valence-electron chi connectivity index (χ3n) is 4.21. The number of anilines is 1. The number of hydrogen-bond acceptors (Lipinski definition) is 6. The van der Waals surface area contributed by atoms with E-state index in [1.165, 1.54) is 11.3 Å². The van der Waals surface area contributed by atoms with Crippen LogP contribution in [0.5, 0.6) is 22.4 Å². The molecule has 2 heterocycles. The Morgan fingerprint density at radius 2 is 1.86 bits per heavy atom. The molecule has 3 aromatic carbocycles. The van der Waals surface area contributed by atoms with Crippen LogP contribution in [0.3, 0.4) is 0 Å². The molecule has 4 aromatic rings. The predicted molar refractivity (Wildman–Crippen MR) is 107 cm³/mol. The van der Waals surface area contributed by atoms with Crippen molar-refractivity contribution >= 4 is 33.1 Å². The molecular weight excluding hydrogens is 376 g/mol. The predicted octanol–water partition coefficient (Wildman–Crippen LogP) is 5.07. The molecular formula is C21H14N2O4S. The van der Waals surface area contributed by atoms with Gasteiger partial charge in [0.05, 0.1) is 10.2 Å². The van der Waals surface area contributed by atoms with E-state index < -0.39 is 0 Å². The van der Waals surface area contributed by atoms with Crippen molar-refractivity contribution in [1.29, 1.82) is 0 Å². The molecule has 1 N–H and O–H groups in total. The maximum absolute atomic E-state index is 12.6. The maximum Gasteiger partial charge on any atom is 0.279 e. The highest BCUT2D eigenvalue weighted by Gasteiger charge is 2.15. The molecule has 0 fully saturated rings. The van der Waals surface area contributed by atoms with Crippen molar-refractivity contribution < 1.29 is 19.0 Å². The topological polar surface area (TPSA) is 69.7 Å². The van der Waals surface area contributed by atoms with Crippen LogP contribution < -0.4 is 19.5 Å². The number of amides is 1. The summed E-state index contributed by atoms with van der Waals surface area (Å²) in [5.41, 5.74) is 1.97. The molecule has 5 rings (SSSR count). The average molecular weight is 390 g/mol. The van der Waals surface area contributed by atoms with Gasteiger partial charge in [-0.2, -0.15) is 0 Å². The third-order valence-corrected chi connectivity index (χ3v) is 5.11. The van der Waals surface area contributed by atoms with Gasteiger partial charge >= 0.3 is 0 Å². The van der Waals surface area contributed by atoms with Gasteiger partial charge < -0.3 is 19.5 Å². The van der Waals surface area contributed by atoms with E-state index in [4.69, 9.17) is 14.2 Å². The van der Waals surface area contributed by atoms with E-state index >= 15 is 0 Å². The zero-order valence-electron chi connectivity index (χ0n) is 14.5. The molecule has 0 aliphatic carbocycles. The number of carbonyl (C=O) groups excluding carboxylic acids is 1. The molecule has 138 valence electrons. The molecule has 0 spiro atoms. The number of carbonyl (C=O) groups is 1. The lowest BCUT2D eigenvalue weighted by Gasteiger charge is -2.06.